The summed E-state index contributed by atoms with van der Waals surface area (Å²) >= 11 is 0. The summed E-state index contributed by atoms with van der Waals surface area (Å²) in [6.07, 6.45) is -0.424. The third-order valence-electron chi connectivity index (χ3n) is 4.06. The number of hydrogen-bond donors (Lipinski definition) is 0. The van der Waals surface area contributed by atoms with Gasteiger partial charge in [-0.2, -0.15) is 0 Å². The van der Waals surface area contributed by atoms with Crippen molar-refractivity contribution in [3.05, 3.63) is 90.0 Å². The molecule has 0 fully saturated rings. The van der Waals surface area contributed by atoms with E-state index in [2.05, 4.69) is 24.8 Å². The number of ketones is 1. The number of carbonyl (C=O) groups excluding carboxylic acids is 1. The largest absolute Gasteiger partial charge is 0.480 e. The molecular weight excluding hydrogens is 272 g/mol. The summed E-state index contributed by atoms with van der Waals surface area (Å²) in [5.74, 6) is 0.582. The Morgan fingerprint density at radius 3 is 2.45 bits per heavy atom. The van der Waals surface area contributed by atoms with Gasteiger partial charge in [-0.1, -0.05) is 55.1 Å². The molecule has 0 aromatic heterocycles. The van der Waals surface area contributed by atoms with Crippen molar-refractivity contribution in [2.24, 2.45) is 0 Å². The van der Waals surface area contributed by atoms with Gasteiger partial charge >= 0.3 is 0 Å². The van der Waals surface area contributed by atoms with Gasteiger partial charge in [-0.25, -0.2) is 0 Å². The van der Waals surface area contributed by atoms with E-state index in [4.69, 9.17) is 4.74 Å². The summed E-state index contributed by atoms with van der Waals surface area (Å²) in [4.78, 5) is 12.5. The lowest BCUT2D eigenvalue weighted by Crippen LogP contribution is -2.23. The molecule has 1 aliphatic rings. The van der Waals surface area contributed by atoms with Gasteiger partial charge in [0.25, 0.3) is 0 Å². The molecule has 22 heavy (non-hydrogen) atoms. The van der Waals surface area contributed by atoms with Crippen molar-refractivity contribution in [2.75, 3.05) is 0 Å². The lowest BCUT2D eigenvalue weighted by molar-refractivity contribution is 0.0962. The van der Waals surface area contributed by atoms with Gasteiger partial charge in [-0.15, -0.1) is 0 Å². The highest BCUT2D eigenvalue weighted by atomic mass is 16.5. The molecule has 0 aliphatic carbocycles. The van der Waals surface area contributed by atoms with E-state index in [0.29, 0.717) is 16.9 Å². The maximum atomic E-state index is 12.5. The van der Waals surface area contributed by atoms with Gasteiger partial charge in [0.2, 0.25) is 0 Å². The van der Waals surface area contributed by atoms with E-state index in [0.717, 1.165) is 10.9 Å². The average molecular weight is 286 g/mol. The minimum absolute atomic E-state index is 0.0417. The first kappa shape index (κ1) is 12.8. The van der Waals surface area contributed by atoms with E-state index in [1.54, 1.807) is 6.07 Å². The summed E-state index contributed by atoms with van der Waals surface area (Å²) in [7, 11) is 0. The van der Waals surface area contributed by atoms with Gasteiger partial charge in [-0.3, -0.25) is 4.79 Å². The van der Waals surface area contributed by atoms with Crippen LogP contribution in [-0.4, -0.2) is 5.78 Å². The normalized spacial score (nSPS) is 17.2. The molecule has 1 heterocycles. The summed E-state index contributed by atoms with van der Waals surface area (Å²) in [5.41, 5.74) is 2.02. The molecule has 106 valence electrons. The van der Waals surface area contributed by atoms with Gasteiger partial charge < -0.3 is 4.74 Å². The highest BCUT2D eigenvalue weighted by Crippen LogP contribution is 2.38. The van der Waals surface area contributed by atoms with Crippen LogP contribution in [0.1, 0.15) is 22.0 Å². The van der Waals surface area contributed by atoms with Crippen LogP contribution in [0.4, 0.5) is 0 Å². The number of rotatable bonds is 1. The number of Topliss-reactive ketones (excluding diaryl/α,β-unsaturated/α-hetero) is 1. The molecule has 0 N–H and O–H groups in total. The molecule has 0 spiro atoms. The van der Waals surface area contributed by atoms with Crippen molar-refractivity contribution < 1.29 is 9.53 Å². The Morgan fingerprint density at radius 2 is 1.59 bits per heavy atom. The first-order valence-corrected chi connectivity index (χ1v) is 7.22. The Kier molecular flexibility index (Phi) is 2.83. The van der Waals surface area contributed by atoms with Crippen LogP contribution in [0.3, 0.4) is 0 Å². The fourth-order valence-electron chi connectivity index (χ4n) is 2.89. The second kappa shape index (κ2) is 4.85. The van der Waals surface area contributed by atoms with Crippen molar-refractivity contribution in [3.63, 3.8) is 0 Å². The lowest BCUT2D eigenvalue weighted by Gasteiger charge is -2.27. The van der Waals surface area contributed by atoms with Gasteiger partial charge in [0, 0.05) is 5.57 Å². The van der Waals surface area contributed by atoms with Crippen LogP contribution in [0, 0.1) is 0 Å². The maximum Gasteiger partial charge on any atom is 0.196 e. The molecule has 1 atom stereocenters. The fraction of sp³-hybridized carbons (Fsp3) is 0.0500. The van der Waals surface area contributed by atoms with Crippen molar-refractivity contribution in [2.45, 2.75) is 6.10 Å². The van der Waals surface area contributed by atoms with Crippen molar-refractivity contribution in [1.82, 2.24) is 0 Å². The molecular formula is C20H14O2. The predicted octanol–water partition coefficient (Wildman–Crippen LogP) is 4.71. The van der Waals surface area contributed by atoms with E-state index in [9.17, 15) is 4.79 Å². The van der Waals surface area contributed by atoms with E-state index in [1.165, 1.54) is 5.39 Å². The maximum absolute atomic E-state index is 12.5. The van der Waals surface area contributed by atoms with E-state index in [-0.39, 0.29) is 5.78 Å². The number of fused-ring (bicyclic) bond motifs is 2. The van der Waals surface area contributed by atoms with Gasteiger partial charge in [0.05, 0.1) is 5.56 Å². The van der Waals surface area contributed by atoms with Crippen molar-refractivity contribution in [3.8, 4) is 5.75 Å². The van der Waals surface area contributed by atoms with Crippen LogP contribution in [0.2, 0.25) is 0 Å². The SMILES string of the molecule is C=C1C(=O)c2ccccc2O[C@@H]1c1ccc2ccccc2c1. The molecule has 4 rings (SSSR count). The molecule has 3 aromatic carbocycles. The molecule has 1 aliphatic heterocycles. The Labute approximate surface area is 128 Å². The summed E-state index contributed by atoms with van der Waals surface area (Å²) in [5, 5.41) is 2.29. The van der Waals surface area contributed by atoms with E-state index >= 15 is 0 Å². The molecule has 0 bridgehead atoms. The third kappa shape index (κ3) is 1.92. The van der Waals surface area contributed by atoms with Gasteiger partial charge in [-0.05, 0) is 34.5 Å². The topological polar surface area (TPSA) is 26.3 Å². The summed E-state index contributed by atoms with van der Waals surface area (Å²) < 4.78 is 6.03. The fourth-order valence-corrected chi connectivity index (χ4v) is 2.89. The quantitative estimate of drug-likeness (QED) is 0.605. The molecule has 2 heteroatoms. The molecule has 0 saturated carbocycles. The number of carbonyl (C=O) groups is 1. The Hall–Kier alpha value is -2.87. The predicted molar refractivity (Wildman–Crippen MR) is 87.2 cm³/mol. The minimum Gasteiger partial charge on any atom is -0.480 e. The van der Waals surface area contributed by atoms with Crippen LogP contribution in [0.25, 0.3) is 10.8 Å². The van der Waals surface area contributed by atoms with E-state index in [1.807, 2.05) is 42.5 Å². The average Bonchev–Trinajstić information content (AvgIpc) is 2.58. The monoisotopic (exact) mass is 286 g/mol. The minimum atomic E-state index is -0.424. The molecule has 0 amide bonds. The standard InChI is InChI=1S/C20H14O2/c1-13-19(21)17-8-4-5-9-18(17)22-20(13)16-11-10-14-6-2-3-7-15(14)12-16/h2-12,20H,1H2/t20-/m0/s1. The molecule has 0 unspecified atom stereocenters. The van der Waals surface area contributed by atoms with E-state index < -0.39 is 6.10 Å². The van der Waals surface area contributed by atoms with Gasteiger partial charge in [0.1, 0.15) is 5.75 Å². The van der Waals surface area contributed by atoms with Crippen molar-refractivity contribution >= 4 is 16.6 Å². The smallest absolute Gasteiger partial charge is 0.196 e. The highest BCUT2D eigenvalue weighted by molar-refractivity contribution is 6.11. The third-order valence-corrected chi connectivity index (χ3v) is 4.06. The van der Waals surface area contributed by atoms with Crippen LogP contribution >= 0.6 is 0 Å². The summed E-state index contributed by atoms with van der Waals surface area (Å²) in [6.45, 7) is 3.96. The number of para-hydroxylation sites is 1. The van der Waals surface area contributed by atoms with Crippen LogP contribution < -0.4 is 4.74 Å². The second-order valence-corrected chi connectivity index (χ2v) is 5.46. The zero-order valence-electron chi connectivity index (χ0n) is 12.0. The number of ether oxygens (including phenoxy) is 1. The Morgan fingerprint density at radius 1 is 0.864 bits per heavy atom. The number of hydrogen-bond acceptors (Lipinski definition) is 2. The lowest BCUT2D eigenvalue weighted by atomic mass is 9.91. The number of benzene rings is 3. The second-order valence-electron chi connectivity index (χ2n) is 5.46. The van der Waals surface area contributed by atoms with Crippen LogP contribution in [-0.2, 0) is 0 Å². The molecule has 3 aromatic rings. The first-order chi connectivity index (χ1) is 10.7. The summed E-state index contributed by atoms with van der Waals surface area (Å²) in [6, 6.07) is 21.6. The zero-order valence-corrected chi connectivity index (χ0v) is 12.0. The van der Waals surface area contributed by atoms with Crippen LogP contribution in [0.15, 0.2) is 78.9 Å². The highest BCUT2D eigenvalue weighted by Gasteiger charge is 2.31. The first-order valence-electron chi connectivity index (χ1n) is 7.22. The van der Waals surface area contributed by atoms with Crippen LogP contribution in [0.5, 0.6) is 5.75 Å². The molecule has 2 nitrogen and oxygen atoms in total. The Balaban J connectivity index is 1.81. The van der Waals surface area contributed by atoms with Gasteiger partial charge in [0.15, 0.2) is 11.9 Å². The molecule has 0 saturated heterocycles. The molecule has 0 radical (unpaired) electrons. The zero-order chi connectivity index (χ0) is 15.1. The Bertz CT molecular complexity index is 908. The van der Waals surface area contributed by atoms with Crippen molar-refractivity contribution in [1.29, 1.82) is 0 Å².